The Morgan fingerprint density at radius 3 is 1.32 bits per heavy atom. The monoisotopic (exact) mass is 1090 g/mol. The Morgan fingerprint density at radius 1 is 0.442 bits per heavy atom. The number of carbonyl (C=O) groups is 1. The molecule has 0 radical (unpaired) electrons. The molecule has 2 saturated heterocycles. The predicted octanol–water partition coefficient (Wildman–Crippen LogP) is 11.2. The van der Waals surface area contributed by atoms with Gasteiger partial charge in [0.05, 0.1) is 26.4 Å². The molecule has 0 aliphatic carbocycles. The van der Waals surface area contributed by atoms with Gasteiger partial charge in [-0.15, -0.1) is 0 Å². The number of hydrogen-bond donors (Lipinski definition) is 7. The highest BCUT2D eigenvalue weighted by atomic mass is 16.7. The van der Waals surface area contributed by atoms with Gasteiger partial charge in [0.2, 0.25) is 0 Å². The van der Waals surface area contributed by atoms with Crippen molar-refractivity contribution in [3.8, 4) is 0 Å². The maximum absolute atomic E-state index is 13.1. The van der Waals surface area contributed by atoms with Gasteiger partial charge < -0.3 is 64.2 Å². The molecule has 0 aromatic rings. The lowest BCUT2D eigenvalue weighted by Crippen LogP contribution is -2.61. The van der Waals surface area contributed by atoms with Crippen LogP contribution in [0, 0.1) is 0 Å². The molecule has 2 rings (SSSR count). The van der Waals surface area contributed by atoms with E-state index in [1.165, 1.54) is 77.0 Å². The number of unbranched alkanes of at least 4 members (excludes halogenated alkanes) is 20. The number of ether oxygens (including phenoxy) is 6. The summed E-state index contributed by atoms with van der Waals surface area (Å²) in [6.45, 7) is 3.53. The third-order valence-electron chi connectivity index (χ3n) is 13.9. The number of carbonyl (C=O) groups excluding carboxylic acids is 1. The summed E-state index contributed by atoms with van der Waals surface area (Å²) in [4.78, 5) is 13.1. The molecule has 2 aliphatic rings. The fraction of sp³-hybridized carbons (Fsp3) is 0.762. The molecule has 0 aromatic carbocycles. The number of hydrogen-bond acceptors (Lipinski definition) is 14. The first-order valence-corrected chi connectivity index (χ1v) is 30.2. The Kier molecular flexibility index (Phi) is 44.7. The SMILES string of the molecule is CC/C=C\C/C=C\C/C=C\C/C=C\C/C=C\CCCCCCCCOCC(COC1OC(COC2OC(CO)C(O)C(O)C2O)C(O)C(O)C1O)OC(=O)CCCCCCCCCCC/C=C\C/C=C\CCCCCCC. The van der Waals surface area contributed by atoms with Crippen LogP contribution in [0.4, 0.5) is 0 Å². The van der Waals surface area contributed by atoms with Crippen LogP contribution in [0.25, 0.3) is 0 Å². The van der Waals surface area contributed by atoms with Crippen LogP contribution in [0.2, 0.25) is 0 Å². The van der Waals surface area contributed by atoms with Crippen LogP contribution in [0.5, 0.6) is 0 Å². The van der Waals surface area contributed by atoms with Crippen molar-refractivity contribution in [2.45, 2.75) is 274 Å². The molecule has 0 aromatic heterocycles. The topological polar surface area (TPSA) is 214 Å². The average molecular weight is 1090 g/mol. The Morgan fingerprint density at radius 2 is 0.844 bits per heavy atom. The van der Waals surface area contributed by atoms with E-state index in [1.54, 1.807) is 0 Å². The van der Waals surface area contributed by atoms with E-state index in [2.05, 4.69) is 98.9 Å². The molecule has 11 atom stereocenters. The third kappa shape index (κ3) is 35.5. The fourth-order valence-corrected chi connectivity index (χ4v) is 9.05. The van der Waals surface area contributed by atoms with Crippen LogP contribution in [0.1, 0.15) is 206 Å². The summed E-state index contributed by atoms with van der Waals surface area (Å²) in [7, 11) is 0. The first kappa shape index (κ1) is 70.3. The van der Waals surface area contributed by atoms with Crippen LogP contribution in [-0.4, -0.2) is 142 Å². The number of allylic oxidation sites excluding steroid dienone is 14. The summed E-state index contributed by atoms with van der Waals surface area (Å²) in [5, 5.41) is 72.4. The molecule has 14 heteroatoms. The molecule has 7 N–H and O–H groups in total. The highest BCUT2D eigenvalue weighted by molar-refractivity contribution is 5.69. The van der Waals surface area contributed by atoms with Gasteiger partial charge in [0.1, 0.15) is 54.9 Å². The van der Waals surface area contributed by atoms with Crippen molar-refractivity contribution in [3.63, 3.8) is 0 Å². The van der Waals surface area contributed by atoms with Crippen LogP contribution < -0.4 is 0 Å². The second-order valence-corrected chi connectivity index (χ2v) is 20.8. The summed E-state index contributed by atoms with van der Waals surface area (Å²) in [5.74, 6) is -0.388. The molecule has 11 unspecified atom stereocenters. The van der Waals surface area contributed by atoms with Crippen molar-refractivity contribution < 1.29 is 69.0 Å². The predicted molar refractivity (Wildman–Crippen MR) is 307 cm³/mol. The van der Waals surface area contributed by atoms with Crippen molar-refractivity contribution in [3.05, 3.63) is 85.1 Å². The summed E-state index contributed by atoms with van der Waals surface area (Å²) in [5.41, 5.74) is 0. The molecule has 2 heterocycles. The highest BCUT2D eigenvalue weighted by Crippen LogP contribution is 2.26. The van der Waals surface area contributed by atoms with Crippen LogP contribution in [0.3, 0.4) is 0 Å². The van der Waals surface area contributed by atoms with Crippen molar-refractivity contribution in [2.75, 3.05) is 33.0 Å². The van der Waals surface area contributed by atoms with E-state index in [0.717, 1.165) is 103 Å². The summed E-state index contributed by atoms with van der Waals surface area (Å²) in [6, 6.07) is 0. The molecular formula is C63H108O14. The highest BCUT2D eigenvalue weighted by Gasteiger charge is 2.47. The Labute approximate surface area is 465 Å². The minimum absolute atomic E-state index is 0.0452. The second kappa shape index (κ2) is 49.0. The number of rotatable bonds is 48. The van der Waals surface area contributed by atoms with Crippen molar-refractivity contribution in [1.29, 1.82) is 0 Å². The molecule has 0 spiro atoms. The zero-order valence-corrected chi connectivity index (χ0v) is 47.7. The zero-order valence-electron chi connectivity index (χ0n) is 47.7. The van der Waals surface area contributed by atoms with E-state index in [4.69, 9.17) is 28.4 Å². The van der Waals surface area contributed by atoms with E-state index < -0.39 is 80.7 Å². The van der Waals surface area contributed by atoms with Crippen LogP contribution >= 0.6 is 0 Å². The summed E-state index contributed by atoms with van der Waals surface area (Å²) < 4.78 is 34.4. The van der Waals surface area contributed by atoms with Gasteiger partial charge in [-0.05, 0) is 89.9 Å². The van der Waals surface area contributed by atoms with Crippen molar-refractivity contribution in [2.24, 2.45) is 0 Å². The lowest BCUT2D eigenvalue weighted by atomic mass is 9.98. The summed E-state index contributed by atoms with van der Waals surface area (Å²) in [6.07, 6.45) is 47.8. The third-order valence-corrected chi connectivity index (χ3v) is 13.9. The maximum atomic E-state index is 13.1. The van der Waals surface area contributed by atoms with Crippen LogP contribution in [-0.2, 0) is 33.2 Å². The van der Waals surface area contributed by atoms with E-state index in [-0.39, 0.29) is 25.6 Å². The molecular weight excluding hydrogens is 981 g/mol. The lowest BCUT2D eigenvalue weighted by Gasteiger charge is -2.42. The largest absolute Gasteiger partial charge is 0.457 e. The standard InChI is InChI=1S/C63H108O14/c1-3-5-7-9-11-13-15-17-19-21-23-25-27-29-31-33-35-37-39-41-43-45-47-72-49-52(50-73-62-61(71)59(69)57(67)54(77-62)51-74-63-60(70)58(68)56(66)53(48-64)76-63)75-55(65)46-44-42-40-38-36-34-32-30-28-26-24-22-20-18-16-14-12-10-8-6-4-2/h5,7,11,13,16-19,22-25,29,31,52-54,56-64,66-71H,3-4,6,8-10,12,14-15,20-21,26-28,30,32-51H2,1-2H3/b7-5-,13-11-,18-16-,19-17-,24-22-,25-23-,31-29-. The minimum Gasteiger partial charge on any atom is -0.457 e. The molecule has 0 saturated carbocycles. The number of esters is 1. The Balaban J connectivity index is 1.72. The normalized spacial score (nSPS) is 24.9. The average Bonchev–Trinajstić information content (AvgIpc) is 3.43. The molecule has 2 aliphatic heterocycles. The number of aliphatic hydroxyl groups is 7. The maximum Gasteiger partial charge on any atom is 0.306 e. The van der Waals surface area contributed by atoms with E-state index in [9.17, 15) is 40.5 Å². The first-order chi connectivity index (χ1) is 37.6. The second-order valence-electron chi connectivity index (χ2n) is 20.8. The Bertz CT molecular complexity index is 1590. The van der Waals surface area contributed by atoms with Crippen molar-refractivity contribution in [1.82, 2.24) is 0 Å². The van der Waals surface area contributed by atoms with E-state index in [0.29, 0.717) is 13.0 Å². The van der Waals surface area contributed by atoms with Crippen molar-refractivity contribution >= 4 is 5.97 Å². The molecule has 77 heavy (non-hydrogen) atoms. The molecule has 0 amide bonds. The molecule has 0 bridgehead atoms. The molecule has 444 valence electrons. The van der Waals surface area contributed by atoms with Gasteiger partial charge in [-0.1, -0.05) is 195 Å². The lowest BCUT2D eigenvalue weighted by molar-refractivity contribution is -0.332. The smallest absolute Gasteiger partial charge is 0.306 e. The van der Waals surface area contributed by atoms with Gasteiger partial charge in [-0.3, -0.25) is 4.79 Å². The van der Waals surface area contributed by atoms with Gasteiger partial charge in [0.25, 0.3) is 0 Å². The van der Waals surface area contributed by atoms with Gasteiger partial charge >= 0.3 is 5.97 Å². The molecule has 2 fully saturated rings. The minimum atomic E-state index is -1.72. The van der Waals surface area contributed by atoms with Gasteiger partial charge in [0, 0.05) is 13.0 Å². The fourth-order valence-electron chi connectivity index (χ4n) is 9.05. The zero-order chi connectivity index (χ0) is 55.8. The first-order valence-electron chi connectivity index (χ1n) is 30.2. The van der Waals surface area contributed by atoms with Gasteiger partial charge in [-0.25, -0.2) is 0 Å². The van der Waals surface area contributed by atoms with E-state index >= 15 is 0 Å². The van der Waals surface area contributed by atoms with Gasteiger partial charge in [-0.2, -0.15) is 0 Å². The van der Waals surface area contributed by atoms with Crippen LogP contribution in [0.15, 0.2) is 85.1 Å². The molecule has 14 nitrogen and oxygen atoms in total. The Hall–Kier alpha value is -2.83. The quantitative estimate of drug-likeness (QED) is 0.0172. The van der Waals surface area contributed by atoms with Gasteiger partial charge in [0.15, 0.2) is 12.6 Å². The van der Waals surface area contributed by atoms with E-state index in [1.807, 2.05) is 0 Å². The number of aliphatic hydroxyl groups excluding tert-OH is 7. The summed E-state index contributed by atoms with van der Waals surface area (Å²) >= 11 is 0.